The smallest absolute Gasteiger partial charge is 0.339 e. The number of methoxy groups -OCH3 is 1. The van der Waals surface area contributed by atoms with Crippen LogP contribution in [0.15, 0.2) is 42.5 Å². The molecule has 0 heterocycles. The molecule has 0 spiro atoms. The summed E-state index contributed by atoms with van der Waals surface area (Å²) in [5.74, 6) is -0.124. The van der Waals surface area contributed by atoms with Gasteiger partial charge in [0.05, 0.1) is 12.7 Å². The fourth-order valence-electron chi connectivity index (χ4n) is 1.90. The average molecular weight is 271 g/mol. The zero-order chi connectivity index (χ0) is 14.5. The first-order chi connectivity index (χ1) is 9.60. The number of esters is 1. The molecule has 0 atom stereocenters. The van der Waals surface area contributed by atoms with Crippen LogP contribution in [0.25, 0.3) is 0 Å². The van der Waals surface area contributed by atoms with E-state index >= 15 is 0 Å². The highest BCUT2D eigenvalue weighted by atomic mass is 16.5. The summed E-state index contributed by atoms with van der Waals surface area (Å²) in [6.45, 7) is 2.49. The van der Waals surface area contributed by atoms with Gasteiger partial charge >= 0.3 is 5.97 Å². The second-order valence-electron chi connectivity index (χ2n) is 4.56. The van der Waals surface area contributed by atoms with E-state index < -0.39 is 0 Å². The third-order valence-corrected chi connectivity index (χ3v) is 3.00. The van der Waals surface area contributed by atoms with Crippen LogP contribution in [0.1, 0.15) is 21.5 Å². The molecule has 0 radical (unpaired) electrons. The van der Waals surface area contributed by atoms with Gasteiger partial charge in [0.25, 0.3) is 0 Å². The number of rotatable bonds is 4. The Balaban J connectivity index is 2.16. The summed E-state index contributed by atoms with van der Waals surface area (Å²) in [5.41, 5.74) is 3.27. The molecule has 0 saturated carbocycles. The summed E-state index contributed by atoms with van der Waals surface area (Å²) >= 11 is 0. The van der Waals surface area contributed by atoms with Gasteiger partial charge in [-0.3, -0.25) is 0 Å². The van der Waals surface area contributed by atoms with Crippen molar-refractivity contribution < 1.29 is 14.6 Å². The SMILES string of the molecule is COC(=O)c1cc(C)ccc1NCc1ccc(O)cc1. The molecule has 104 valence electrons. The third-order valence-electron chi connectivity index (χ3n) is 3.00. The molecule has 2 aromatic carbocycles. The van der Waals surface area contributed by atoms with E-state index in [0.29, 0.717) is 12.1 Å². The minimum absolute atomic E-state index is 0.235. The first kappa shape index (κ1) is 13.9. The number of hydrogen-bond acceptors (Lipinski definition) is 4. The summed E-state index contributed by atoms with van der Waals surface area (Å²) < 4.78 is 4.79. The lowest BCUT2D eigenvalue weighted by Gasteiger charge is -2.11. The molecule has 0 aliphatic heterocycles. The van der Waals surface area contributed by atoms with Gasteiger partial charge in [-0.1, -0.05) is 23.8 Å². The number of aromatic hydroxyl groups is 1. The van der Waals surface area contributed by atoms with E-state index in [1.807, 2.05) is 31.2 Å². The Morgan fingerprint density at radius 2 is 1.90 bits per heavy atom. The van der Waals surface area contributed by atoms with Crippen molar-refractivity contribution in [3.8, 4) is 5.75 Å². The molecular weight excluding hydrogens is 254 g/mol. The maximum Gasteiger partial charge on any atom is 0.339 e. The number of phenolic OH excluding ortho intramolecular Hbond substituents is 1. The molecule has 4 heteroatoms. The molecule has 20 heavy (non-hydrogen) atoms. The van der Waals surface area contributed by atoms with Crippen LogP contribution < -0.4 is 5.32 Å². The predicted molar refractivity (Wildman–Crippen MR) is 78.0 cm³/mol. The van der Waals surface area contributed by atoms with Crippen LogP contribution in [-0.4, -0.2) is 18.2 Å². The van der Waals surface area contributed by atoms with E-state index in [0.717, 1.165) is 16.8 Å². The number of phenols is 1. The highest BCUT2D eigenvalue weighted by Crippen LogP contribution is 2.20. The highest BCUT2D eigenvalue weighted by molar-refractivity contribution is 5.95. The van der Waals surface area contributed by atoms with Crippen LogP contribution >= 0.6 is 0 Å². The average Bonchev–Trinajstić information content (AvgIpc) is 2.46. The fourth-order valence-corrected chi connectivity index (χ4v) is 1.90. The Morgan fingerprint density at radius 3 is 2.55 bits per heavy atom. The zero-order valence-corrected chi connectivity index (χ0v) is 11.5. The van der Waals surface area contributed by atoms with Crippen molar-refractivity contribution in [2.24, 2.45) is 0 Å². The first-order valence-corrected chi connectivity index (χ1v) is 6.31. The largest absolute Gasteiger partial charge is 0.508 e. The topological polar surface area (TPSA) is 58.6 Å². The summed E-state index contributed by atoms with van der Waals surface area (Å²) in [5, 5.41) is 12.4. The lowest BCUT2D eigenvalue weighted by atomic mass is 10.1. The molecule has 2 aromatic rings. The predicted octanol–water partition coefficient (Wildman–Crippen LogP) is 3.10. The van der Waals surface area contributed by atoms with Crippen molar-refractivity contribution in [1.82, 2.24) is 0 Å². The van der Waals surface area contributed by atoms with Gasteiger partial charge in [0.15, 0.2) is 0 Å². The first-order valence-electron chi connectivity index (χ1n) is 6.31. The second-order valence-corrected chi connectivity index (χ2v) is 4.56. The summed E-state index contributed by atoms with van der Waals surface area (Å²) in [7, 11) is 1.37. The van der Waals surface area contributed by atoms with Gasteiger partial charge in [-0.25, -0.2) is 4.79 Å². The Kier molecular flexibility index (Phi) is 4.25. The molecule has 2 rings (SSSR count). The highest BCUT2D eigenvalue weighted by Gasteiger charge is 2.11. The number of carbonyl (C=O) groups is 1. The lowest BCUT2D eigenvalue weighted by Crippen LogP contribution is -2.08. The number of aryl methyl sites for hydroxylation is 1. The summed E-state index contributed by atoms with van der Waals surface area (Å²) in [6.07, 6.45) is 0. The number of hydrogen-bond donors (Lipinski definition) is 2. The molecule has 0 bridgehead atoms. The van der Waals surface area contributed by atoms with Crippen LogP contribution in [0.2, 0.25) is 0 Å². The second kappa shape index (κ2) is 6.10. The molecule has 0 fully saturated rings. The normalized spacial score (nSPS) is 10.1. The standard InChI is InChI=1S/C16H17NO3/c1-11-3-8-15(14(9-11)16(19)20-2)17-10-12-4-6-13(18)7-5-12/h3-9,17-18H,10H2,1-2H3. The Hall–Kier alpha value is -2.49. The van der Waals surface area contributed by atoms with Crippen molar-refractivity contribution in [3.05, 3.63) is 59.2 Å². The molecular formula is C16H17NO3. The zero-order valence-electron chi connectivity index (χ0n) is 11.5. The van der Waals surface area contributed by atoms with E-state index in [-0.39, 0.29) is 11.7 Å². The van der Waals surface area contributed by atoms with E-state index in [1.165, 1.54) is 7.11 Å². The number of ether oxygens (including phenoxy) is 1. The Labute approximate surface area is 118 Å². The molecule has 0 amide bonds. The van der Waals surface area contributed by atoms with Gasteiger partial charge in [0.2, 0.25) is 0 Å². The number of benzene rings is 2. The summed E-state index contributed by atoms with van der Waals surface area (Å²) in [4.78, 5) is 11.7. The van der Waals surface area contributed by atoms with Crippen LogP contribution in [0, 0.1) is 6.92 Å². The van der Waals surface area contributed by atoms with E-state index in [1.54, 1.807) is 18.2 Å². The molecule has 0 aliphatic rings. The molecule has 0 saturated heterocycles. The van der Waals surface area contributed by atoms with Crippen molar-refractivity contribution in [1.29, 1.82) is 0 Å². The van der Waals surface area contributed by atoms with Gasteiger partial charge in [-0.05, 0) is 36.8 Å². The van der Waals surface area contributed by atoms with Gasteiger partial charge in [0.1, 0.15) is 5.75 Å². The van der Waals surface area contributed by atoms with Gasteiger partial charge in [0, 0.05) is 12.2 Å². The third kappa shape index (κ3) is 3.29. The van der Waals surface area contributed by atoms with E-state index in [2.05, 4.69) is 5.32 Å². The summed E-state index contributed by atoms with van der Waals surface area (Å²) in [6, 6.07) is 12.5. The van der Waals surface area contributed by atoms with Crippen molar-refractivity contribution in [3.63, 3.8) is 0 Å². The number of nitrogens with one attached hydrogen (secondary N) is 1. The lowest BCUT2D eigenvalue weighted by molar-refractivity contribution is 0.0601. The van der Waals surface area contributed by atoms with Crippen LogP contribution in [0.3, 0.4) is 0 Å². The Bertz CT molecular complexity index is 606. The quantitative estimate of drug-likeness (QED) is 0.839. The minimum atomic E-state index is -0.359. The maximum atomic E-state index is 11.7. The fraction of sp³-hybridized carbons (Fsp3) is 0.188. The van der Waals surface area contributed by atoms with Crippen molar-refractivity contribution in [2.75, 3.05) is 12.4 Å². The molecule has 0 aromatic heterocycles. The van der Waals surface area contributed by atoms with Gasteiger partial charge in [-0.2, -0.15) is 0 Å². The molecule has 0 aliphatic carbocycles. The van der Waals surface area contributed by atoms with E-state index in [4.69, 9.17) is 4.74 Å². The van der Waals surface area contributed by atoms with Crippen LogP contribution in [0.4, 0.5) is 5.69 Å². The Morgan fingerprint density at radius 1 is 1.20 bits per heavy atom. The van der Waals surface area contributed by atoms with Crippen molar-refractivity contribution >= 4 is 11.7 Å². The van der Waals surface area contributed by atoms with Crippen molar-refractivity contribution in [2.45, 2.75) is 13.5 Å². The monoisotopic (exact) mass is 271 g/mol. The number of anilines is 1. The molecule has 2 N–H and O–H groups in total. The minimum Gasteiger partial charge on any atom is -0.508 e. The van der Waals surface area contributed by atoms with Gasteiger partial charge < -0.3 is 15.2 Å². The van der Waals surface area contributed by atoms with Crippen LogP contribution in [0.5, 0.6) is 5.75 Å². The molecule has 4 nitrogen and oxygen atoms in total. The molecule has 0 unspecified atom stereocenters. The van der Waals surface area contributed by atoms with Crippen LogP contribution in [-0.2, 0) is 11.3 Å². The maximum absolute atomic E-state index is 11.7. The van der Waals surface area contributed by atoms with E-state index in [9.17, 15) is 9.90 Å². The number of carbonyl (C=O) groups excluding carboxylic acids is 1. The van der Waals surface area contributed by atoms with Gasteiger partial charge in [-0.15, -0.1) is 0 Å².